The quantitative estimate of drug-likeness (QED) is 0.496. The van der Waals surface area contributed by atoms with Crippen molar-refractivity contribution < 1.29 is 9.53 Å². The Labute approximate surface area is 214 Å². The maximum atomic E-state index is 11.8. The number of anilines is 1. The topological polar surface area (TPSA) is 59.4 Å². The Hall–Kier alpha value is -2.70. The number of nitrogens with one attached hydrogen (secondary N) is 1. The van der Waals surface area contributed by atoms with E-state index in [4.69, 9.17) is 9.72 Å². The van der Waals surface area contributed by atoms with Gasteiger partial charge in [0.25, 0.3) is 0 Å². The summed E-state index contributed by atoms with van der Waals surface area (Å²) in [5.74, 6) is 2.57. The monoisotopic (exact) mass is 486 g/mol. The van der Waals surface area contributed by atoms with E-state index in [1.165, 1.54) is 40.9 Å². The highest BCUT2D eigenvalue weighted by Crippen LogP contribution is 2.43. The first-order chi connectivity index (χ1) is 17.5. The number of hydrogen-bond donors (Lipinski definition) is 1. The van der Waals surface area contributed by atoms with Gasteiger partial charge in [0, 0.05) is 44.8 Å². The van der Waals surface area contributed by atoms with Crippen LogP contribution in [0.4, 0.5) is 5.69 Å². The molecule has 6 nitrogen and oxygen atoms in total. The molecular formula is C30H38N4O2. The number of likely N-dealkylation sites (tertiary alicyclic amines) is 1. The summed E-state index contributed by atoms with van der Waals surface area (Å²) >= 11 is 0. The second-order valence-corrected chi connectivity index (χ2v) is 11.2. The molecule has 0 unspecified atom stereocenters. The molecule has 6 heteroatoms. The van der Waals surface area contributed by atoms with Gasteiger partial charge in [0.2, 0.25) is 5.91 Å². The normalized spacial score (nSPS) is 24.2. The third-order valence-corrected chi connectivity index (χ3v) is 8.40. The number of carbonyl (C=O) groups is 1. The number of piperidine rings is 1. The molecule has 2 aliphatic carbocycles. The molecule has 3 aliphatic rings. The number of carbonyl (C=O) groups excluding carboxylic acids is 1. The van der Waals surface area contributed by atoms with Crippen LogP contribution in [0.2, 0.25) is 0 Å². The SMILES string of the molecule is CCC(=O)Nc1ccc2c(c1)C[C@H](CN1CC[C@H](n3c(C4CC4)nc4cc(C)ccc43)[C@@H](OC)C1)C2. The number of hydrogen-bond acceptors (Lipinski definition) is 4. The lowest BCUT2D eigenvalue weighted by Gasteiger charge is -2.40. The zero-order chi connectivity index (χ0) is 24.8. The molecule has 1 saturated carbocycles. The molecule has 1 N–H and O–H groups in total. The third-order valence-electron chi connectivity index (χ3n) is 8.40. The minimum Gasteiger partial charge on any atom is -0.378 e. The summed E-state index contributed by atoms with van der Waals surface area (Å²) in [6.45, 7) is 7.18. The van der Waals surface area contributed by atoms with Gasteiger partial charge in [-0.15, -0.1) is 0 Å². The molecule has 0 bridgehead atoms. The fourth-order valence-corrected chi connectivity index (χ4v) is 6.40. The van der Waals surface area contributed by atoms with Gasteiger partial charge in [-0.05, 0) is 85.9 Å². The third kappa shape index (κ3) is 4.57. The molecule has 6 rings (SSSR count). The van der Waals surface area contributed by atoms with Crippen molar-refractivity contribution in [2.24, 2.45) is 5.92 Å². The van der Waals surface area contributed by atoms with Crippen LogP contribution in [-0.4, -0.2) is 53.2 Å². The fourth-order valence-electron chi connectivity index (χ4n) is 6.40. The van der Waals surface area contributed by atoms with E-state index in [0.29, 0.717) is 24.3 Å². The Morgan fingerprint density at radius 2 is 1.94 bits per heavy atom. The molecule has 1 aromatic heterocycles. The highest BCUT2D eigenvalue weighted by Gasteiger charge is 2.38. The predicted molar refractivity (Wildman–Crippen MR) is 144 cm³/mol. The molecule has 190 valence electrons. The van der Waals surface area contributed by atoms with Crippen LogP contribution in [0.25, 0.3) is 11.0 Å². The summed E-state index contributed by atoms with van der Waals surface area (Å²) in [5, 5.41) is 3.01. The zero-order valence-corrected chi connectivity index (χ0v) is 21.8. The van der Waals surface area contributed by atoms with Gasteiger partial charge >= 0.3 is 0 Å². The highest BCUT2D eigenvalue weighted by molar-refractivity contribution is 5.90. The average molecular weight is 487 g/mol. The average Bonchev–Trinajstić information content (AvgIpc) is 3.55. The largest absolute Gasteiger partial charge is 0.378 e. The van der Waals surface area contributed by atoms with Crippen molar-refractivity contribution in [2.45, 2.75) is 70.4 Å². The Morgan fingerprint density at radius 3 is 2.72 bits per heavy atom. The number of imidazole rings is 1. The number of aromatic nitrogens is 2. The molecule has 3 aromatic rings. The van der Waals surface area contributed by atoms with Crippen molar-refractivity contribution in [1.82, 2.24) is 14.5 Å². The number of rotatable bonds is 7. The van der Waals surface area contributed by atoms with Crippen LogP contribution in [0.5, 0.6) is 0 Å². The zero-order valence-electron chi connectivity index (χ0n) is 21.8. The molecule has 2 aromatic carbocycles. The molecular weight excluding hydrogens is 448 g/mol. The van der Waals surface area contributed by atoms with Gasteiger partial charge in [-0.1, -0.05) is 19.1 Å². The summed E-state index contributed by atoms with van der Waals surface area (Å²) in [6.07, 6.45) is 6.47. The number of ether oxygens (including phenoxy) is 1. The van der Waals surface area contributed by atoms with Crippen LogP contribution < -0.4 is 5.32 Å². The van der Waals surface area contributed by atoms with E-state index in [9.17, 15) is 4.79 Å². The maximum absolute atomic E-state index is 11.8. The van der Waals surface area contributed by atoms with Gasteiger partial charge in [0.1, 0.15) is 5.82 Å². The first-order valence-electron chi connectivity index (χ1n) is 13.7. The maximum Gasteiger partial charge on any atom is 0.224 e. The minimum atomic E-state index is 0.0728. The van der Waals surface area contributed by atoms with Crippen molar-refractivity contribution in [2.75, 3.05) is 32.1 Å². The number of nitrogens with zero attached hydrogens (tertiary/aromatic N) is 3. The van der Waals surface area contributed by atoms with Crippen molar-refractivity contribution in [3.05, 3.63) is 58.9 Å². The summed E-state index contributed by atoms with van der Waals surface area (Å²) in [4.78, 5) is 19.5. The van der Waals surface area contributed by atoms with E-state index in [-0.39, 0.29) is 12.0 Å². The lowest BCUT2D eigenvalue weighted by Crippen LogP contribution is -2.47. The van der Waals surface area contributed by atoms with E-state index >= 15 is 0 Å². The van der Waals surface area contributed by atoms with Gasteiger partial charge < -0.3 is 19.5 Å². The summed E-state index contributed by atoms with van der Waals surface area (Å²) in [5.41, 5.74) is 7.41. The molecule has 0 spiro atoms. The van der Waals surface area contributed by atoms with Crippen LogP contribution in [0.1, 0.15) is 67.1 Å². The van der Waals surface area contributed by atoms with Crippen LogP contribution in [0.3, 0.4) is 0 Å². The summed E-state index contributed by atoms with van der Waals surface area (Å²) < 4.78 is 8.68. The minimum absolute atomic E-state index is 0.0728. The number of amides is 1. The lowest BCUT2D eigenvalue weighted by atomic mass is 9.98. The van der Waals surface area contributed by atoms with Crippen LogP contribution in [0.15, 0.2) is 36.4 Å². The molecule has 2 fully saturated rings. The van der Waals surface area contributed by atoms with Gasteiger partial charge in [-0.2, -0.15) is 0 Å². The molecule has 1 aliphatic heterocycles. The Bertz CT molecular complexity index is 1280. The fraction of sp³-hybridized carbons (Fsp3) is 0.533. The Balaban J connectivity index is 1.15. The van der Waals surface area contributed by atoms with E-state index in [0.717, 1.165) is 50.1 Å². The Morgan fingerprint density at radius 1 is 1.11 bits per heavy atom. The van der Waals surface area contributed by atoms with E-state index in [2.05, 4.69) is 58.1 Å². The van der Waals surface area contributed by atoms with Gasteiger partial charge in [-0.3, -0.25) is 4.79 Å². The summed E-state index contributed by atoms with van der Waals surface area (Å²) in [6, 6.07) is 13.5. The molecule has 0 radical (unpaired) electrons. The highest BCUT2D eigenvalue weighted by atomic mass is 16.5. The van der Waals surface area contributed by atoms with E-state index < -0.39 is 0 Å². The first-order valence-corrected chi connectivity index (χ1v) is 13.7. The van der Waals surface area contributed by atoms with Gasteiger partial charge in [0.15, 0.2) is 0 Å². The lowest BCUT2D eigenvalue weighted by molar-refractivity contribution is -0.115. The summed E-state index contributed by atoms with van der Waals surface area (Å²) in [7, 11) is 1.87. The van der Waals surface area contributed by atoms with Gasteiger partial charge in [-0.25, -0.2) is 4.98 Å². The van der Waals surface area contributed by atoms with Crippen molar-refractivity contribution in [3.8, 4) is 0 Å². The second-order valence-electron chi connectivity index (χ2n) is 11.2. The molecule has 36 heavy (non-hydrogen) atoms. The van der Waals surface area contributed by atoms with Gasteiger partial charge in [0.05, 0.1) is 23.2 Å². The molecule has 1 amide bonds. The van der Waals surface area contributed by atoms with Crippen molar-refractivity contribution >= 4 is 22.6 Å². The molecule has 2 heterocycles. The number of methoxy groups -OCH3 is 1. The van der Waals surface area contributed by atoms with E-state index in [1.807, 2.05) is 14.0 Å². The van der Waals surface area contributed by atoms with Crippen molar-refractivity contribution in [3.63, 3.8) is 0 Å². The standard InChI is InChI=1S/C30H38N4O2/c1-4-29(35)31-24-9-8-22-14-20(15-23(22)16-24)17-33-12-11-27(28(18-33)36-3)34-26-10-5-19(2)13-25(26)32-30(34)21-6-7-21/h5,8-10,13,16,20-21,27-28H,4,6-7,11-12,14-15,17-18H2,1-3H3,(H,31,35)/t20-,27+,28+/m1/s1. The van der Waals surface area contributed by atoms with Crippen LogP contribution >= 0.6 is 0 Å². The van der Waals surface area contributed by atoms with Crippen molar-refractivity contribution in [1.29, 1.82) is 0 Å². The number of benzene rings is 2. The molecule has 3 atom stereocenters. The predicted octanol–water partition coefficient (Wildman–Crippen LogP) is 5.25. The number of fused-ring (bicyclic) bond motifs is 2. The first kappa shape index (κ1) is 23.7. The number of aryl methyl sites for hydroxylation is 1. The Kier molecular flexibility index (Phi) is 6.34. The second kappa shape index (κ2) is 9.64. The molecule has 1 saturated heterocycles. The van der Waals surface area contributed by atoms with Crippen LogP contribution in [0, 0.1) is 12.8 Å². The van der Waals surface area contributed by atoms with E-state index in [1.54, 1.807) is 0 Å². The smallest absolute Gasteiger partial charge is 0.224 e. The van der Waals surface area contributed by atoms with Crippen LogP contribution in [-0.2, 0) is 22.4 Å².